The predicted molar refractivity (Wildman–Crippen MR) is 136 cm³/mol. The number of nitrogen functional groups attached to an aromatic ring is 1. The highest BCUT2D eigenvalue weighted by atomic mass is 16.5. The van der Waals surface area contributed by atoms with E-state index in [1.165, 1.54) is 18.8 Å². The number of likely N-dealkylation sites (N-methyl/N-ethyl adjacent to an activating group) is 1. The molecule has 9 heteroatoms. The Morgan fingerprint density at radius 3 is 2.86 bits per heavy atom. The SMILES string of the molecule is C[C@H]1CC[C@H](c2cccc(OC[C@H]3CCCN3C)c2)N(C(=O)C(=O)Nc2cncc(C=N)c2N)C1. The van der Waals surface area contributed by atoms with Gasteiger partial charge in [0.2, 0.25) is 0 Å². The molecule has 0 unspecified atom stereocenters. The molecule has 2 fully saturated rings. The van der Waals surface area contributed by atoms with Gasteiger partial charge in [-0.05, 0) is 62.9 Å². The van der Waals surface area contributed by atoms with Crippen LogP contribution in [-0.2, 0) is 9.59 Å². The zero-order valence-electron chi connectivity index (χ0n) is 20.4. The van der Waals surface area contributed by atoms with Crippen LogP contribution >= 0.6 is 0 Å². The first-order valence-corrected chi connectivity index (χ1v) is 12.2. The van der Waals surface area contributed by atoms with E-state index in [4.69, 9.17) is 15.9 Å². The summed E-state index contributed by atoms with van der Waals surface area (Å²) in [7, 11) is 2.13. The van der Waals surface area contributed by atoms with Crippen molar-refractivity contribution < 1.29 is 14.3 Å². The van der Waals surface area contributed by atoms with Crippen molar-refractivity contribution in [2.45, 2.75) is 44.7 Å². The van der Waals surface area contributed by atoms with Crippen molar-refractivity contribution in [2.75, 3.05) is 37.8 Å². The van der Waals surface area contributed by atoms with E-state index in [-0.39, 0.29) is 23.3 Å². The summed E-state index contributed by atoms with van der Waals surface area (Å²) in [4.78, 5) is 34.2. The van der Waals surface area contributed by atoms with Crippen molar-refractivity contribution in [1.82, 2.24) is 14.8 Å². The summed E-state index contributed by atoms with van der Waals surface area (Å²) in [6.07, 6.45) is 7.93. The fourth-order valence-electron chi connectivity index (χ4n) is 4.92. The van der Waals surface area contributed by atoms with E-state index in [1.807, 2.05) is 24.3 Å². The molecule has 3 heterocycles. The molecular weight excluding hydrogens is 444 g/mol. The van der Waals surface area contributed by atoms with Crippen LogP contribution in [0.5, 0.6) is 5.75 Å². The number of amides is 2. The second-order valence-corrected chi connectivity index (χ2v) is 9.60. The summed E-state index contributed by atoms with van der Waals surface area (Å²) >= 11 is 0. The lowest BCUT2D eigenvalue weighted by atomic mass is 9.89. The zero-order chi connectivity index (χ0) is 24.9. The van der Waals surface area contributed by atoms with Crippen molar-refractivity contribution in [1.29, 1.82) is 5.41 Å². The Morgan fingerprint density at radius 2 is 2.11 bits per heavy atom. The molecule has 0 spiro atoms. The molecule has 4 N–H and O–H groups in total. The van der Waals surface area contributed by atoms with Crippen molar-refractivity contribution in [3.8, 4) is 5.75 Å². The van der Waals surface area contributed by atoms with Crippen molar-refractivity contribution >= 4 is 29.4 Å². The average molecular weight is 479 g/mol. The van der Waals surface area contributed by atoms with Crippen molar-refractivity contribution in [3.63, 3.8) is 0 Å². The van der Waals surface area contributed by atoms with Crippen LogP contribution in [0.1, 0.15) is 49.8 Å². The van der Waals surface area contributed by atoms with E-state index in [0.717, 1.165) is 43.3 Å². The van der Waals surface area contributed by atoms with Crippen LogP contribution in [0.15, 0.2) is 36.7 Å². The largest absolute Gasteiger partial charge is 0.492 e. The van der Waals surface area contributed by atoms with Crippen LogP contribution < -0.4 is 15.8 Å². The minimum atomic E-state index is -0.767. The summed E-state index contributed by atoms with van der Waals surface area (Å²) in [5, 5.41) is 10.00. The number of hydrogen-bond acceptors (Lipinski definition) is 7. The zero-order valence-corrected chi connectivity index (χ0v) is 20.4. The van der Waals surface area contributed by atoms with Gasteiger partial charge in [0.15, 0.2) is 0 Å². The number of benzene rings is 1. The van der Waals surface area contributed by atoms with Gasteiger partial charge < -0.3 is 31.0 Å². The van der Waals surface area contributed by atoms with Gasteiger partial charge in [-0.1, -0.05) is 19.1 Å². The Labute approximate surface area is 206 Å². The van der Waals surface area contributed by atoms with Crippen LogP contribution in [-0.4, -0.2) is 65.6 Å². The van der Waals surface area contributed by atoms with E-state index in [0.29, 0.717) is 24.8 Å². The maximum atomic E-state index is 13.3. The summed E-state index contributed by atoms with van der Waals surface area (Å²) in [5.41, 5.74) is 7.77. The van der Waals surface area contributed by atoms with Gasteiger partial charge in [-0.15, -0.1) is 0 Å². The van der Waals surface area contributed by atoms with Gasteiger partial charge in [0.1, 0.15) is 12.4 Å². The number of ether oxygens (including phenoxy) is 1. The first kappa shape index (κ1) is 24.7. The normalized spacial score (nSPS) is 22.6. The van der Waals surface area contributed by atoms with Gasteiger partial charge in [-0.25, -0.2) is 0 Å². The Bertz CT molecular complexity index is 1090. The number of piperidine rings is 1. The third-order valence-corrected chi connectivity index (χ3v) is 7.05. The van der Waals surface area contributed by atoms with E-state index < -0.39 is 11.8 Å². The highest BCUT2D eigenvalue weighted by Gasteiger charge is 2.34. The highest BCUT2D eigenvalue weighted by molar-refractivity contribution is 6.40. The molecule has 0 bridgehead atoms. The number of likely N-dealkylation sites (tertiary alicyclic amines) is 2. The summed E-state index contributed by atoms with van der Waals surface area (Å²) in [5.74, 6) is -0.314. The first-order chi connectivity index (χ1) is 16.9. The van der Waals surface area contributed by atoms with Gasteiger partial charge in [-0.3, -0.25) is 14.6 Å². The lowest BCUT2D eigenvalue weighted by Gasteiger charge is -2.38. The van der Waals surface area contributed by atoms with Gasteiger partial charge in [0, 0.05) is 30.6 Å². The number of anilines is 2. The summed E-state index contributed by atoms with van der Waals surface area (Å²) < 4.78 is 6.11. The second-order valence-electron chi connectivity index (χ2n) is 9.60. The molecule has 2 saturated heterocycles. The van der Waals surface area contributed by atoms with Crippen LogP contribution in [0.4, 0.5) is 11.4 Å². The van der Waals surface area contributed by atoms with Gasteiger partial charge in [-0.2, -0.15) is 0 Å². The number of nitrogens with zero attached hydrogens (tertiary/aromatic N) is 3. The Morgan fingerprint density at radius 1 is 1.29 bits per heavy atom. The number of nitrogens with two attached hydrogens (primary N) is 1. The number of carbonyl (C=O) groups is 2. The molecule has 1 aromatic heterocycles. The molecule has 186 valence electrons. The van der Waals surface area contributed by atoms with Crippen molar-refractivity contribution in [3.05, 3.63) is 47.8 Å². The van der Waals surface area contributed by atoms with Gasteiger partial charge in [0.05, 0.1) is 23.6 Å². The Balaban J connectivity index is 1.49. The van der Waals surface area contributed by atoms with Crippen molar-refractivity contribution in [2.24, 2.45) is 5.92 Å². The molecular formula is C26H34N6O3. The maximum absolute atomic E-state index is 13.3. The van der Waals surface area contributed by atoms with Crippen LogP contribution in [0.3, 0.4) is 0 Å². The summed E-state index contributed by atoms with van der Waals surface area (Å²) in [6.45, 7) is 4.31. The monoisotopic (exact) mass is 478 g/mol. The van der Waals surface area contributed by atoms with E-state index in [1.54, 1.807) is 4.90 Å². The van der Waals surface area contributed by atoms with Gasteiger partial charge in [0.25, 0.3) is 0 Å². The molecule has 2 aromatic rings. The fraction of sp³-hybridized carbons (Fsp3) is 0.462. The van der Waals surface area contributed by atoms with Crippen LogP contribution in [0.25, 0.3) is 0 Å². The third kappa shape index (κ3) is 5.62. The molecule has 2 amide bonds. The molecule has 2 aliphatic rings. The lowest BCUT2D eigenvalue weighted by Crippen LogP contribution is -2.46. The Hall–Kier alpha value is -3.46. The molecule has 4 rings (SSSR count). The molecule has 1 aromatic carbocycles. The molecule has 2 aliphatic heterocycles. The Kier molecular flexibility index (Phi) is 7.65. The highest BCUT2D eigenvalue weighted by Crippen LogP contribution is 2.35. The molecule has 3 atom stereocenters. The predicted octanol–water partition coefficient (Wildman–Crippen LogP) is 3.07. The number of nitrogens with one attached hydrogen (secondary N) is 2. The number of carbonyl (C=O) groups excluding carboxylic acids is 2. The number of aromatic nitrogens is 1. The number of pyridine rings is 1. The molecule has 9 nitrogen and oxygen atoms in total. The topological polar surface area (TPSA) is 125 Å². The fourth-order valence-corrected chi connectivity index (χ4v) is 4.92. The van der Waals surface area contributed by atoms with Crippen LogP contribution in [0, 0.1) is 11.3 Å². The minimum Gasteiger partial charge on any atom is -0.492 e. The molecule has 35 heavy (non-hydrogen) atoms. The van der Waals surface area contributed by atoms with Gasteiger partial charge >= 0.3 is 11.8 Å². The van der Waals surface area contributed by atoms with Crippen LogP contribution in [0.2, 0.25) is 0 Å². The average Bonchev–Trinajstić information content (AvgIpc) is 3.28. The lowest BCUT2D eigenvalue weighted by molar-refractivity contribution is -0.146. The molecule has 0 radical (unpaired) electrons. The van der Waals surface area contributed by atoms with E-state index in [2.05, 4.69) is 29.2 Å². The number of rotatable bonds is 6. The number of hydrogen-bond donors (Lipinski definition) is 3. The summed E-state index contributed by atoms with van der Waals surface area (Å²) in [6, 6.07) is 8.06. The van der Waals surface area contributed by atoms with E-state index in [9.17, 15) is 9.59 Å². The minimum absolute atomic E-state index is 0.206. The molecule has 0 aliphatic carbocycles. The second kappa shape index (κ2) is 10.9. The maximum Gasteiger partial charge on any atom is 0.314 e. The standard InChI is InChI=1S/C26H34N6O3/c1-17-8-9-23(18-5-3-7-21(11-18)35-16-20-6-4-10-31(20)2)32(15-17)26(34)25(33)30-22-14-29-13-19(12-27)24(22)28/h3,5,7,11-14,17,20,23,27H,4,6,8-10,15-16H2,1-2H3,(H2,28,29)(H,30,33)/t17-,20+,23+/m0/s1. The third-order valence-electron chi connectivity index (χ3n) is 7.05. The van der Waals surface area contributed by atoms with E-state index >= 15 is 0 Å². The first-order valence-electron chi connectivity index (χ1n) is 12.2. The molecule has 0 saturated carbocycles. The smallest absolute Gasteiger partial charge is 0.314 e. The quantitative estimate of drug-likeness (QED) is 0.433.